The summed E-state index contributed by atoms with van der Waals surface area (Å²) in [5.74, 6) is -0.0256. The second kappa shape index (κ2) is 4.22. The highest BCUT2D eigenvalue weighted by molar-refractivity contribution is 7.99. The molecule has 1 N–H and O–H groups in total. The minimum absolute atomic E-state index is 0.0256. The van der Waals surface area contributed by atoms with Gasteiger partial charge in [0.15, 0.2) is 5.16 Å². The minimum atomic E-state index is -1.53. The van der Waals surface area contributed by atoms with Crippen LogP contribution in [0.25, 0.3) is 11.0 Å². The molecule has 2 rings (SSSR count). The highest BCUT2D eigenvalue weighted by atomic mass is 32.2. The summed E-state index contributed by atoms with van der Waals surface area (Å²) in [5.41, 5.74) is 1.75. The molecule has 0 aliphatic heterocycles. The third kappa shape index (κ3) is 2.41. The van der Waals surface area contributed by atoms with Crippen molar-refractivity contribution in [2.45, 2.75) is 5.16 Å². The molecule has 0 atom stereocenters. The summed E-state index contributed by atoms with van der Waals surface area (Å²) >= 11 is 1.16. The van der Waals surface area contributed by atoms with Gasteiger partial charge in [0.25, 0.3) is 0 Å². The van der Waals surface area contributed by atoms with Crippen LogP contribution in [0.1, 0.15) is 0 Å². The molecule has 77 valence electrons. The van der Waals surface area contributed by atoms with Crippen LogP contribution in [-0.2, 0) is 9.84 Å². The molecule has 0 spiro atoms. The average molecular weight is 223 g/mol. The van der Waals surface area contributed by atoms with Crippen LogP contribution in [0.15, 0.2) is 29.4 Å². The summed E-state index contributed by atoms with van der Waals surface area (Å²) in [7, 11) is 0. The van der Waals surface area contributed by atoms with E-state index >= 15 is 0 Å². The highest BCUT2D eigenvalue weighted by Crippen LogP contribution is 2.18. The number of fused-ring (bicyclic) bond motifs is 1. The molecule has 1 aromatic heterocycles. The van der Waals surface area contributed by atoms with Gasteiger partial charge in [0.2, 0.25) is 0 Å². The number of nitrogens with zero attached hydrogens (tertiary/aromatic N) is 1. The highest BCUT2D eigenvalue weighted by Gasteiger charge is 2.04. The van der Waals surface area contributed by atoms with Crippen molar-refractivity contribution in [3.8, 4) is 0 Å². The number of carbonyl (C=O) groups excluding carboxylic acids is 1. The number of aromatic nitrogens is 2. The predicted octanol–water partition coefficient (Wildman–Crippen LogP) is 2.18. The number of hydrogen-bond acceptors (Lipinski definition) is 4. The van der Waals surface area contributed by atoms with Crippen molar-refractivity contribution in [3.63, 3.8) is 0 Å². The maximum atomic E-state index is 9.98. The number of H-pyrrole nitrogens is 1. The van der Waals surface area contributed by atoms with Gasteiger partial charge in [0, 0.05) is 0 Å². The van der Waals surface area contributed by atoms with Crippen LogP contribution in [0.3, 0.4) is 0 Å². The molecule has 2 aromatic rings. The molecule has 15 heavy (non-hydrogen) atoms. The van der Waals surface area contributed by atoms with Gasteiger partial charge in [-0.15, -0.1) is 0 Å². The number of imidazole rings is 1. The quantitative estimate of drug-likeness (QED) is 0.491. The van der Waals surface area contributed by atoms with Crippen LogP contribution in [0.5, 0.6) is 0 Å². The van der Waals surface area contributed by atoms with E-state index in [4.69, 9.17) is 0 Å². The van der Waals surface area contributed by atoms with Crippen molar-refractivity contribution in [3.05, 3.63) is 24.3 Å². The Balaban J connectivity index is 2.05. The van der Waals surface area contributed by atoms with Crippen molar-refractivity contribution in [1.29, 1.82) is 0 Å². The Morgan fingerprint density at radius 1 is 1.47 bits per heavy atom. The molecular weight excluding hydrogens is 216 g/mol. The molecule has 0 saturated carbocycles. The lowest BCUT2D eigenvalue weighted by atomic mass is 10.3. The van der Waals surface area contributed by atoms with Crippen LogP contribution in [0.4, 0.5) is 4.79 Å². The molecule has 1 heterocycles. The Hall–Kier alpha value is -1.69. The SMILES string of the molecule is [O]C(=O)OCSc1nc2ccccc2[nH]1. The first kappa shape index (κ1) is 9.85. The zero-order chi connectivity index (χ0) is 10.7. The van der Waals surface area contributed by atoms with Crippen molar-refractivity contribution in [2.24, 2.45) is 0 Å². The zero-order valence-corrected chi connectivity index (χ0v) is 8.41. The second-order valence-electron chi connectivity index (χ2n) is 2.72. The van der Waals surface area contributed by atoms with Crippen LogP contribution >= 0.6 is 11.8 Å². The first-order chi connectivity index (χ1) is 7.25. The van der Waals surface area contributed by atoms with E-state index in [0.717, 1.165) is 22.8 Å². The maximum absolute atomic E-state index is 9.98. The van der Waals surface area contributed by atoms with E-state index in [1.165, 1.54) is 0 Å². The van der Waals surface area contributed by atoms with E-state index in [0.29, 0.717) is 5.16 Å². The smallest absolute Gasteiger partial charge is 0.420 e. The van der Waals surface area contributed by atoms with Crippen LogP contribution in [0, 0.1) is 0 Å². The average Bonchev–Trinajstić information content (AvgIpc) is 2.59. The fourth-order valence-electron chi connectivity index (χ4n) is 1.13. The maximum Gasteiger partial charge on any atom is 0.550 e. The molecule has 1 radical (unpaired) electrons. The van der Waals surface area contributed by atoms with Crippen molar-refractivity contribution in [2.75, 3.05) is 5.94 Å². The van der Waals surface area contributed by atoms with E-state index in [1.807, 2.05) is 24.3 Å². The number of aromatic amines is 1. The summed E-state index contributed by atoms with van der Waals surface area (Å²) in [5, 5.41) is 10.6. The predicted molar refractivity (Wildman–Crippen MR) is 54.0 cm³/mol. The fraction of sp³-hybridized carbons (Fsp3) is 0.111. The minimum Gasteiger partial charge on any atom is -0.420 e. The molecule has 0 bridgehead atoms. The van der Waals surface area contributed by atoms with E-state index < -0.39 is 6.16 Å². The first-order valence-corrected chi connectivity index (χ1v) is 5.15. The van der Waals surface area contributed by atoms with Gasteiger partial charge in [0.1, 0.15) is 5.94 Å². The zero-order valence-electron chi connectivity index (χ0n) is 7.60. The Morgan fingerprint density at radius 3 is 3.00 bits per heavy atom. The molecular formula is C9H7N2O3S. The second-order valence-corrected chi connectivity index (χ2v) is 3.63. The molecule has 0 aliphatic carbocycles. The lowest BCUT2D eigenvalue weighted by Crippen LogP contribution is -1.96. The lowest BCUT2D eigenvalue weighted by Gasteiger charge is -1.94. The van der Waals surface area contributed by atoms with Gasteiger partial charge in [-0.25, -0.2) is 4.98 Å². The van der Waals surface area contributed by atoms with Crippen molar-refractivity contribution in [1.82, 2.24) is 9.97 Å². The lowest BCUT2D eigenvalue weighted by molar-refractivity contribution is 0.0831. The number of para-hydroxylation sites is 2. The van der Waals surface area contributed by atoms with Gasteiger partial charge < -0.3 is 9.72 Å². The van der Waals surface area contributed by atoms with E-state index in [9.17, 15) is 9.90 Å². The number of nitrogens with one attached hydrogen (secondary N) is 1. The van der Waals surface area contributed by atoms with Gasteiger partial charge in [-0.1, -0.05) is 12.1 Å². The van der Waals surface area contributed by atoms with Gasteiger partial charge in [-0.05, 0) is 23.9 Å². The van der Waals surface area contributed by atoms with Gasteiger partial charge >= 0.3 is 6.16 Å². The number of carbonyl (C=O) groups is 1. The number of ether oxygens (including phenoxy) is 1. The number of thioether (sulfide) groups is 1. The fourth-order valence-corrected chi connectivity index (χ4v) is 1.74. The first-order valence-electron chi connectivity index (χ1n) is 4.17. The van der Waals surface area contributed by atoms with Crippen molar-refractivity contribution < 1.29 is 14.6 Å². The summed E-state index contributed by atoms with van der Waals surface area (Å²) in [4.78, 5) is 17.2. The Labute approximate surface area is 89.5 Å². The van der Waals surface area contributed by atoms with Crippen molar-refractivity contribution >= 4 is 29.0 Å². The molecule has 0 fully saturated rings. The number of benzene rings is 1. The molecule has 6 heteroatoms. The van der Waals surface area contributed by atoms with Gasteiger partial charge in [-0.2, -0.15) is 9.90 Å². The Bertz CT molecular complexity index is 450. The van der Waals surface area contributed by atoms with Crippen LogP contribution < -0.4 is 0 Å². The standard InChI is InChI=1S/C9H7N2O3S/c12-9(13)14-5-15-8-10-6-3-1-2-4-7(6)11-8/h1-4H,5H2,(H,10,11). The van der Waals surface area contributed by atoms with Crippen LogP contribution in [0.2, 0.25) is 0 Å². The molecule has 0 saturated heterocycles. The van der Waals surface area contributed by atoms with Gasteiger partial charge in [0.05, 0.1) is 11.0 Å². The molecule has 1 aromatic carbocycles. The largest absolute Gasteiger partial charge is 0.550 e. The van der Waals surface area contributed by atoms with E-state index in [1.54, 1.807) is 0 Å². The molecule has 0 unspecified atom stereocenters. The summed E-state index contributed by atoms with van der Waals surface area (Å²) in [6.07, 6.45) is -1.53. The topological polar surface area (TPSA) is 74.9 Å². The third-order valence-corrected chi connectivity index (χ3v) is 2.44. The van der Waals surface area contributed by atoms with E-state index in [-0.39, 0.29) is 5.94 Å². The summed E-state index contributed by atoms with van der Waals surface area (Å²) in [6.45, 7) is 0. The normalized spacial score (nSPS) is 10.4. The Morgan fingerprint density at radius 2 is 2.27 bits per heavy atom. The molecule has 0 aliphatic rings. The monoisotopic (exact) mass is 223 g/mol. The summed E-state index contributed by atoms with van der Waals surface area (Å²) in [6, 6.07) is 7.55. The number of hydrogen-bond donors (Lipinski definition) is 1. The van der Waals surface area contributed by atoms with Crippen LogP contribution in [-0.4, -0.2) is 22.1 Å². The molecule has 5 nitrogen and oxygen atoms in total. The van der Waals surface area contributed by atoms with E-state index in [2.05, 4.69) is 14.7 Å². The molecule has 0 amide bonds. The number of rotatable bonds is 3. The Kier molecular flexibility index (Phi) is 2.77. The third-order valence-electron chi connectivity index (χ3n) is 1.74. The van der Waals surface area contributed by atoms with Gasteiger partial charge in [-0.3, -0.25) is 0 Å². The summed E-state index contributed by atoms with van der Waals surface area (Å²) < 4.78 is 4.25.